The van der Waals surface area contributed by atoms with E-state index in [0.717, 1.165) is 34.1 Å². The standard InChI is InChI=1S/C66H42N2/c1-3-21-45(22-4-1)67(63-39-43-19-7-9-25-49(43)51-27-11-15-31-55(51)63)47-35-37-59-61(41-47)53-29-13-17-33-57(53)66-60-38-36-48(42-62(60)54-30-14-18-34-58(54)65(59)66)68(46-23-5-2-6-24-46)64-40-44-20-8-10-26-50(44)52-28-12-16-32-56(52)64/h1-42H. The molecule has 0 unspecified atom stereocenters. The second kappa shape index (κ2) is 15.3. The molecule has 14 aromatic rings. The molecule has 0 aliphatic heterocycles. The van der Waals surface area contributed by atoms with Gasteiger partial charge in [0.1, 0.15) is 0 Å². The van der Waals surface area contributed by atoms with Gasteiger partial charge in [-0.25, -0.2) is 0 Å². The fraction of sp³-hybridized carbons (Fsp3) is 0. The van der Waals surface area contributed by atoms with Gasteiger partial charge in [-0.15, -0.1) is 0 Å². The van der Waals surface area contributed by atoms with Crippen molar-refractivity contribution in [3.05, 3.63) is 255 Å². The molecule has 68 heavy (non-hydrogen) atoms. The van der Waals surface area contributed by atoms with Gasteiger partial charge in [-0.05, 0) is 147 Å². The van der Waals surface area contributed by atoms with Crippen LogP contribution in [0.2, 0.25) is 0 Å². The molecule has 0 saturated carbocycles. The Morgan fingerprint density at radius 1 is 0.176 bits per heavy atom. The van der Waals surface area contributed by atoms with E-state index in [1.54, 1.807) is 0 Å². The third-order valence-electron chi connectivity index (χ3n) is 14.3. The van der Waals surface area contributed by atoms with Gasteiger partial charge in [0.25, 0.3) is 0 Å². The van der Waals surface area contributed by atoms with Gasteiger partial charge < -0.3 is 9.80 Å². The first-order chi connectivity index (χ1) is 33.8. The van der Waals surface area contributed by atoms with Crippen LogP contribution in [-0.2, 0) is 0 Å². The molecular weight excluding hydrogens is 821 g/mol. The molecule has 0 amide bonds. The maximum atomic E-state index is 2.45. The summed E-state index contributed by atoms with van der Waals surface area (Å²) in [6, 6.07) is 93.9. The van der Waals surface area contributed by atoms with Crippen LogP contribution in [-0.4, -0.2) is 0 Å². The molecule has 2 heteroatoms. The fourth-order valence-electron chi connectivity index (χ4n) is 11.4. The first-order valence-electron chi connectivity index (χ1n) is 23.5. The molecule has 0 atom stereocenters. The van der Waals surface area contributed by atoms with Crippen LogP contribution in [0.25, 0.3) is 97.0 Å². The Labute approximate surface area is 393 Å². The highest BCUT2D eigenvalue weighted by atomic mass is 15.1. The number of rotatable bonds is 6. The highest BCUT2D eigenvalue weighted by molar-refractivity contribution is 6.40. The van der Waals surface area contributed by atoms with E-state index in [0.29, 0.717) is 0 Å². The SMILES string of the molecule is c1ccc(N(c2ccc3c(c2)c2ccccc2c2c4ccc(N(c5ccccc5)c5cc6ccccc6c6ccccc56)cc4c4ccccc4c32)c2cc3ccccc3c3ccccc23)cc1. The molecule has 0 N–H and O–H groups in total. The van der Waals surface area contributed by atoms with Gasteiger partial charge in [0.05, 0.1) is 11.4 Å². The first kappa shape index (κ1) is 38.3. The topological polar surface area (TPSA) is 6.48 Å². The van der Waals surface area contributed by atoms with Crippen molar-refractivity contribution in [2.24, 2.45) is 0 Å². The van der Waals surface area contributed by atoms with Crippen LogP contribution in [0.3, 0.4) is 0 Å². The maximum absolute atomic E-state index is 2.45. The Bertz CT molecular complexity index is 4050. The molecule has 0 spiro atoms. The summed E-state index contributed by atoms with van der Waals surface area (Å²) in [4.78, 5) is 4.90. The van der Waals surface area contributed by atoms with Crippen molar-refractivity contribution in [3.8, 4) is 0 Å². The summed E-state index contributed by atoms with van der Waals surface area (Å²) in [6.45, 7) is 0. The molecular formula is C66H42N2. The van der Waals surface area contributed by atoms with E-state index in [1.807, 2.05) is 0 Å². The van der Waals surface area contributed by atoms with Crippen molar-refractivity contribution in [2.45, 2.75) is 0 Å². The van der Waals surface area contributed by atoms with Crippen molar-refractivity contribution >= 4 is 131 Å². The maximum Gasteiger partial charge on any atom is 0.0546 e. The lowest BCUT2D eigenvalue weighted by Gasteiger charge is -2.28. The molecule has 0 heterocycles. The Hall–Kier alpha value is -8.98. The Balaban J connectivity index is 1.04. The molecule has 14 aromatic carbocycles. The number of anilines is 6. The minimum atomic E-state index is 1.12. The second-order valence-corrected chi connectivity index (χ2v) is 18.0. The minimum absolute atomic E-state index is 1.12. The summed E-state index contributed by atoms with van der Waals surface area (Å²) < 4.78 is 0. The number of hydrogen-bond acceptors (Lipinski definition) is 2. The molecule has 0 aliphatic rings. The molecule has 0 aliphatic carbocycles. The summed E-state index contributed by atoms with van der Waals surface area (Å²) in [5.74, 6) is 0. The van der Waals surface area contributed by atoms with Crippen molar-refractivity contribution in [1.29, 1.82) is 0 Å². The highest BCUT2D eigenvalue weighted by Gasteiger charge is 2.23. The quantitative estimate of drug-likeness (QED) is 0.154. The Kier molecular flexibility index (Phi) is 8.62. The first-order valence-corrected chi connectivity index (χ1v) is 23.5. The number of fused-ring (bicyclic) bond motifs is 17. The van der Waals surface area contributed by atoms with Crippen molar-refractivity contribution in [2.75, 3.05) is 9.80 Å². The van der Waals surface area contributed by atoms with Gasteiger partial charge in [-0.3, -0.25) is 0 Å². The van der Waals surface area contributed by atoms with Crippen molar-refractivity contribution < 1.29 is 0 Å². The van der Waals surface area contributed by atoms with E-state index >= 15 is 0 Å². The summed E-state index contributed by atoms with van der Waals surface area (Å²) in [6.07, 6.45) is 0. The minimum Gasteiger partial charge on any atom is -0.310 e. The molecule has 0 saturated heterocycles. The average molecular weight is 863 g/mol. The molecule has 0 bridgehead atoms. The molecule has 0 aromatic heterocycles. The van der Waals surface area contributed by atoms with Gasteiger partial charge in [0.15, 0.2) is 0 Å². The van der Waals surface area contributed by atoms with Crippen LogP contribution in [0.15, 0.2) is 255 Å². The van der Waals surface area contributed by atoms with E-state index in [2.05, 4.69) is 265 Å². The van der Waals surface area contributed by atoms with Crippen LogP contribution in [0, 0.1) is 0 Å². The van der Waals surface area contributed by atoms with Gasteiger partial charge in [0.2, 0.25) is 0 Å². The zero-order valence-corrected chi connectivity index (χ0v) is 37.1. The zero-order valence-electron chi connectivity index (χ0n) is 37.1. The molecule has 316 valence electrons. The summed E-state index contributed by atoms with van der Waals surface area (Å²) >= 11 is 0. The summed E-state index contributed by atoms with van der Waals surface area (Å²) in [5.41, 5.74) is 6.78. The lowest BCUT2D eigenvalue weighted by atomic mass is 9.86. The monoisotopic (exact) mass is 862 g/mol. The van der Waals surface area contributed by atoms with E-state index in [-0.39, 0.29) is 0 Å². The molecule has 2 nitrogen and oxygen atoms in total. The van der Waals surface area contributed by atoms with Gasteiger partial charge in [-0.1, -0.05) is 194 Å². The highest BCUT2D eigenvalue weighted by Crippen LogP contribution is 2.49. The van der Waals surface area contributed by atoms with E-state index in [1.165, 1.54) is 97.0 Å². The van der Waals surface area contributed by atoms with E-state index < -0.39 is 0 Å². The van der Waals surface area contributed by atoms with Crippen LogP contribution in [0.4, 0.5) is 34.1 Å². The Morgan fingerprint density at radius 3 is 0.868 bits per heavy atom. The zero-order chi connectivity index (χ0) is 44.7. The van der Waals surface area contributed by atoms with Gasteiger partial charge in [-0.2, -0.15) is 0 Å². The predicted molar refractivity (Wildman–Crippen MR) is 293 cm³/mol. The van der Waals surface area contributed by atoms with Crippen molar-refractivity contribution in [3.63, 3.8) is 0 Å². The molecule has 0 radical (unpaired) electrons. The fourth-order valence-corrected chi connectivity index (χ4v) is 11.4. The summed E-state index contributed by atoms with van der Waals surface area (Å²) in [7, 11) is 0. The summed E-state index contributed by atoms with van der Waals surface area (Å²) in [5, 5.41) is 22.4. The third kappa shape index (κ3) is 5.84. The third-order valence-corrected chi connectivity index (χ3v) is 14.3. The lowest BCUT2D eigenvalue weighted by molar-refractivity contribution is 1.31. The average Bonchev–Trinajstić information content (AvgIpc) is 3.41. The molecule has 0 fully saturated rings. The van der Waals surface area contributed by atoms with Crippen LogP contribution in [0.1, 0.15) is 0 Å². The van der Waals surface area contributed by atoms with Crippen LogP contribution < -0.4 is 9.80 Å². The van der Waals surface area contributed by atoms with Gasteiger partial charge in [0, 0.05) is 33.5 Å². The second-order valence-electron chi connectivity index (χ2n) is 18.0. The van der Waals surface area contributed by atoms with E-state index in [9.17, 15) is 0 Å². The largest absolute Gasteiger partial charge is 0.310 e. The number of nitrogens with zero attached hydrogens (tertiary/aromatic N) is 2. The number of para-hydroxylation sites is 2. The van der Waals surface area contributed by atoms with Gasteiger partial charge >= 0.3 is 0 Å². The smallest absolute Gasteiger partial charge is 0.0546 e. The molecule has 14 rings (SSSR count). The lowest BCUT2D eigenvalue weighted by Crippen LogP contribution is -2.10. The van der Waals surface area contributed by atoms with Crippen LogP contribution in [0.5, 0.6) is 0 Å². The predicted octanol–water partition coefficient (Wildman–Crippen LogP) is 19.0. The normalized spacial score (nSPS) is 11.8. The Morgan fingerprint density at radius 2 is 0.471 bits per heavy atom. The van der Waals surface area contributed by atoms with Crippen molar-refractivity contribution in [1.82, 2.24) is 0 Å². The number of hydrogen-bond donors (Lipinski definition) is 0. The number of benzene rings is 14. The van der Waals surface area contributed by atoms with E-state index in [4.69, 9.17) is 0 Å². The van der Waals surface area contributed by atoms with Crippen LogP contribution >= 0.6 is 0 Å².